The monoisotopic (exact) mass is 204 g/mol. The van der Waals surface area contributed by atoms with Crippen LogP contribution >= 0.6 is 0 Å². The fraction of sp³-hybridized carbons (Fsp3) is 0. The first-order valence-electron chi connectivity index (χ1n) is 3.79. The quantitative estimate of drug-likeness (QED) is 0.672. The molecular weight excluding hydrogens is 200 g/mol. The predicted molar refractivity (Wildman–Crippen MR) is 45.1 cm³/mol. The zero-order valence-electron chi connectivity index (χ0n) is 7.26. The van der Waals surface area contributed by atoms with Gasteiger partial charge in [-0.3, -0.25) is 9.89 Å². The average molecular weight is 204 g/mol. The van der Waals surface area contributed by atoms with Crippen LogP contribution in [0.25, 0.3) is 11.5 Å². The van der Waals surface area contributed by atoms with Gasteiger partial charge in [-0.25, -0.2) is 0 Å². The summed E-state index contributed by atoms with van der Waals surface area (Å²) in [6, 6.07) is 1.85. The van der Waals surface area contributed by atoms with Crippen LogP contribution < -0.4 is 5.73 Å². The highest BCUT2D eigenvalue weighted by Crippen LogP contribution is 2.18. The zero-order valence-corrected chi connectivity index (χ0v) is 7.26. The lowest BCUT2D eigenvalue weighted by Gasteiger charge is -1.85. The van der Waals surface area contributed by atoms with Crippen LogP contribution in [-0.2, 0) is 0 Å². The van der Waals surface area contributed by atoms with E-state index in [1.807, 2.05) is 6.07 Å². The van der Waals surface area contributed by atoms with E-state index in [1.165, 1.54) is 6.20 Å². The van der Waals surface area contributed by atoms with Crippen molar-refractivity contribution in [3.05, 3.63) is 17.7 Å². The summed E-state index contributed by atoms with van der Waals surface area (Å²) in [5.74, 6) is -1.02. The number of aromatic nitrogens is 4. The first-order valence-corrected chi connectivity index (χ1v) is 3.79. The molecule has 3 N–H and O–H groups in total. The molecule has 15 heavy (non-hydrogen) atoms. The number of carbonyl (C=O) groups excluding carboxylic acids is 1. The minimum Gasteiger partial charge on any atom is -0.363 e. The molecule has 0 spiro atoms. The topological polar surface area (TPSA) is 134 Å². The van der Waals surface area contributed by atoms with Gasteiger partial charge in [-0.1, -0.05) is 5.16 Å². The molecule has 0 aliphatic rings. The number of carbonyl (C=O) groups is 1. The lowest BCUT2D eigenvalue weighted by atomic mass is 10.2. The van der Waals surface area contributed by atoms with Gasteiger partial charge >= 0.3 is 0 Å². The summed E-state index contributed by atoms with van der Waals surface area (Å²) in [7, 11) is 0. The Morgan fingerprint density at radius 2 is 2.47 bits per heavy atom. The van der Waals surface area contributed by atoms with Crippen LogP contribution in [0.2, 0.25) is 0 Å². The van der Waals surface area contributed by atoms with E-state index in [2.05, 4.69) is 20.3 Å². The summed E-state index contributed by atoms with van der Waals surface area (Å²) in [4.78, 5) is 14.4. The Labute approximate surface area is 82.7 Å². The Balaban J connectivity index is 2.47. The van der Waals surface area contributed by atoms with E-state index in [0.717, 1.165) is 0 Å². The Morgan fingerprint density at radius 3 is 3.07 bits per heavy atom. The second kappa shape index (κ2) is 3.22. The second-order valence-corrected chi connectivity index (χ2v) is 2.56. The highest BCUT2D eigenvalue weighted by atomic mass is 16.5. The van der Waals surface area contributed by atoms with Gasteiger partial charge in [0, 0.05) is 0 Å². The molecule has 2 rings (SSSR count). The largest absolute Gasteiger partial charge is 0.363 e. The van der Waals surface area contributed by atoms with E-state index in [1.54, 1.807) is 0 Å². The van der Waals surface area contributed by atoms with Crippen LogP contribution in [0.5, 0.6) is 0 Å². The molecule has 0 radical (unpaired) electrons. The summed E-state index contributed by atoms with van der Waals surface area (Å²) in [6.45, 7) is 0. The number of hydrogen-bond acceptors (Lipinski definition) is 6. The smallest absolute Gasteiger partial charge is 0.290 e. The van der Waals surface area contributed by atoms with Gasteiger partial charge in [0.25, 0.3) is 17.6 Å². The molecule has 2 aromatic heterocycles. The van der Waals surface area contributed by atoms with E-state index < -0.39 is 5.91 Å². The maximum Gasteiger partial charge on any atom is 0.290 e. The number of rotatable bonds is 2. The minimum absolute atomic E-state index is 0.0223. The molecule has 0 aliphatic carbocycles. The van der Waals surface area contributed by atoms with Crippen LogP contribution in [0.3, 0.4) is 0 Å². The highest BCUT2D eigenvalue weighted by Gasteiger charge is 2.16. The number of aromatic amines is 1. The van der Waals surface area contributed by atoms with Crippen molar-refractivity contribution < 1.29 is 9.32 Å². The Morgan fingerprint density at radius 1 is 1.67 bits per heavy atom. The molecule has 0 unspecified atom stereocenters. The molecule has 0 aromatic carbocycles. The Hall–Kier alpha value is -2.69. The van der Waals surface area contributed by atoms with Crippen molar-refractivity contribution in [3.8, 4) is 17.5 Å². The Bertz CT molecular complexity index is 548. The summed E-state index contributed by atoms with van der Waals surface area (Å²) < 4.78 is 4.74. The molecule has 0 saturated heterocycles. The maximum absolute atomic E-state index is 10.7. The second-order valence-electron chi connectivity index (χ2n) is 2.56. The van der Waals surface area contributed by atoms with E-state index in [9.17, 15) is 4.79 Å². The van der Waals surface area contributed by atoms with Gasteiger partial charge in [0.15, 0.2) is 0 Å². The van der Waals surface area contributed by atoms with Crippen molar-refractivity contribution in [1.29, 1.82) is 5.26 Å². The fourth-order valence-electron chi connectivity index (χ4n) is 0.966. The van der Waals surface area contributed by atoms with Crippen LogP contribution in [0, 0.1) is 11.3 Å². The lowest BCUT2D eigenvalue weighted by molar-refractivity contribution is 0.0987. The van der Waals surface area contributed by atoms with Gasteiger partial charge in [-0.05, 0) is 0 Å². The number of nitrogens with two attached hydrogens (primary N) is 1. The highest BCUT2D eigenvalue weighted by molar-refractivity contribution is 5.89. The number of nitriles is 1. The van der Waals surface area contributed by atoms with Crippen molar-refractivity contribution in [1.82, 2.24) is 20.3 Å². The van der Waals surface area contributed by atoms with Crippen LogP contribution in [0.1, 0.15) is 16.3 Å². The van der Waals surface area contributed by atoms with E-state index in [-0.39, 0.29) is 17.4 Å². The van der Waals surface area contributed by atoms with E-state index >= 15 is 0 Å². The summed E-state index contributed by atoms with van der Waals surface area (Å²) in [5.41, 5.74) is 5.45. The van der Waals surface area contributed by atoms with E-state index in [4.69, 9.17) is 15.5 Å². The van der Waals surface area contributed by atoms with Crippen molar-refractivity contribution in [3.63, 3.8) is 0 Å². The molecule has 0 fully saturated rings. The van der Waals surface area contributed by atoms with Crippen molar-refractivity contribution in [2.45, 2.75) is 0 Å². The van der Waals surface area contributed by atoms with Crippen molar-refractivity contribution in [2.24, 2.45) is 5.73 Å². The number of nitrogens with zero attached hydrogens (tertiary/aromatic N) is 4. The van der Waals surface area contributed by atoms with Gasteiger partial charge in [-0.2, -0.15) is 15.3 Å². The molecule has 1 amide bonds. The first kappa shape index (κ1) is 8.89. The molecule has 74 valence electrons. The predicted octanol–water partition coefficient (Wildman–Crippen LogP) is -0.570. The third-order valence-electron chi connectivity index (χ3n) is 1.63. The third kappa shape index (κ3) is 1.42. The molecular formula is C7H4N6O2. The fourth-order valence-corrected chi connectivity index (χ4v) is 0.966. The maximum atomic E-state index is 10.7. The van der Waals surface area contributed by atoms with Gasteiger partial charge < -0.3 is 10.3 Å². The average Bonchev–Trinajstić information content (AvgIpc) is 2.85. The zero-order chi connectivity index (χ0) is 10.8. The first-order chi connectivity index (χ1) is 7.22. The number of hydrogen-bond donors (Lipinski definition) is 2. The standard InChI is InChI=1S/C7H4N6O2/c8-1-4-3(2-10-12-4)7-11-6(5(9)14)13-15-7/h2H,(H2,9,14)(H,10,12). The molecule has 8 nitrogen and oxygen atoms in total. The summed E-state index contributed by atoms with van der Waals surface area (Å²) in [5, 5.41) is 18.1. The number of primary amides is 1. The van der Waals surface area contributed by atoms with Crippen LogP contribution in [0.4, 0.5) is 0 Å². The Kier molecular flexibility index (Phi) is 1.91. The van der Waals surface area contributed by atoms with Crippen LogP contribution in [-0.4, -0.2) is 26.2 Å². The molecule has 2 aromatic rings. The minimum atomic E-state index is -0.799. The summed E-state index contributed by atoms with van der Waals surface area (Å²) in [6.07, 6.45) is 1.34. The van der Waals surface area contributed by atoms with E-state index in [0.29, 0.717) is 5.56 Å². The van der Waals surface area contributed by atoms with Gasteiger partial charge in [0.05, 0.1) is 11.8 Å². The lowest BCUT2D eigenvalue weighted by Crippen LogP contribution is -2.12. The molecule has 0 bridgehead atoms. The number of H-pyrrole nitrogens is 1. The normalized spacial score (nSPS) is 9.80. The number of amides is 1. The third-order valence-corrected chi connectivity index (χ3v) is 1.63. The molecule has 0 atom stereocenters. The molecule has 0 saturated carbocycles. The molecule has 0 aliphatic heterocycles. The van der Waals surface area contributed by atoms with Gasteiger partial charge in [0.2, 0.25) is 0 Å². The van der Waals surface area contributed by atoms with Gasteiger partial charge in [-0.15, -0.1) is 0 Å². The number of nitrogens with one attached hydrogen (secondary N) is 1. The SMILES string of the molecule is N#Cc1[nH]ncc1-c1nc(C(N)=O)no1. The molecule has 8 heteroatoms. The van der Waals surface area contributed by atoms with Crippen molar-refractivity contribution in [2.75, 3.05) is 0 Å². The van der Waals surface area contributed by atoms with Crippen molar-refractivity contribution >= 4 is 5.91 Å². The summed E-state index contributed by atoms with van der Waals surface area (Å²) >= 11 is 0. The van der Waals surface area contributed by atoms with Crippen LogP contribution in [0.15, 0.2) is 10.7 Å². The van der Waals surface area contributed by atoms with Gasteiger partial charge in [0.1, 0.15) is 11.8 Å². The molecule has 2 heterocycles.